The van der Waals surface area contributed by atoms with Gasteiger partial charge in [0.1, 0.15) is 6.04 Å². The van der Waals surface area contributed by atoms with Crippen molar-refractivity contribution >= 4 is 12.0 Å². The van der Waals surface area contributed by atoms with Gasteiger partial charge in [-0.3, -0.25) is 4.90 Å². The molecule has 6 heteroatoms. The van der Waals surface area contributed by atoms with E-state index in [1.54, 1.807) is 4.90 Å². The molecule has 2 amide bonds. The normalized spacial score (nSPS) is 24.6. The van der Waals surface area contributed by atoms with Crippen molar-refractivity contribution in [3.63, 3.8) is 0 Å². The molecule has 2 fully saturated rings. The monoisotopic (exact) mass is 267 g/mol. The quantitative estimate of drug-likeness (QED) is 0.728. The Morgan fingerprint density at radius 2 is 2.21 bits per heavy atom. The predicted molar refractivity (Wildman–Crippen MR) is 70.9 cm³/mol. The number of carbonyl (C=O) groups is 2. The van der Waals surface area contributed by atoms with Gasteiger partial charge < -0.3 is 15.3 Å². The van der Waals surface area contributed by atoms with Crippen LogP contribution in [0, 0.1) is 0 Å². The van der Waals surface area contributed by atoms with E-state index in [-0.39, 0.29) is 12.5 Å². The van der Waals surface area contributed by atoms with E-state index in [0.29, 0.717) is 19.1 Å². The molecule has 0 radical (unpaired) electrons. The summed E-state index contributed by atoms with van der Waals surface area (Å²) in [5, 5.41) is 11.6. The molecule has 6 nitrogen and oxygen atoms in total. The third-order valence-electron chi connectivity index (χ3n) is 3.87. The second kappa shape index (κ2) is 6.06. The Balaban J connectivity index is 1.88. The van der Waals surface area contributed by atoms with Crippen LogP contribution in [-0.2, 0) is 4.79 Å². The average molecular weight is 267 g/mol. The fourth-order valence-electron chi connectivity index (χ4n) is 2.80. The highest BCUT2D eigenvalue weighted by Crippen LogP contribution is 2.21. The molecule has 0 aromatic carbocycles. The molecule has 2 heterocycles. The van der Waals surface area contributed by atoms with Crippen LogP contribution in [0.15, 0.2) is 12.7 Å². The number of amides is 2. The van der Waals surface area contributed by atoms with Gasteiger partial charge in [-0.2, -0.15) is 0 Å². The SMILES string of the molecule is C=CCC(NC(=O)N1CCN2CCCC2C1)C(=O)O. The van der Waals surface area contributed by atoms with E-state index in [2.05, 4.69) is 16.8 Å². The molecule has 2 saturated heterocycles. The van der Waals surface area contributed by atoms with E-state index in [0.717, 1.165) is 19.5 Å². The van der Waals surface area contributed by atoms with Crippen molar-refractivity contribution in [1.82, 2.24) is 15.1 Å². The van der Waals surface area contributed by atoms with Crippen LogP contribution in [0.4, 0.5) is 4.79 Å². The van der Waals surface area contributed by atoms with Crippen molar-refractivity contribution in [2.24, 2.45) is 0 Å². The molecule has 0 aliphatic carbocycles. The van der Waals surface area contributed by atoms with E-state index in [9.17, 15) is 9.59 Å². The van der Waals surface area contributed by atoms with Crippen LogP contribution < -0.4 is 5.32 Å². The Kier molecular flexibility index (Phi) is 4.42. The molecule has 0 bridgehead atoms. The first-order chi connectivity index (χ1) is 9.11. The van der Waals surface area contributed by atoms with Gasteiger partial charge >= 0.3 is 12.0 Å². The zero-order valence-corrected chi connectivity index (χ0v) is 11.0. The van der Waals surface area contributed by atoms with Gasteiger partial charge in [0, 0.05) is 25.7 Å². The maximum Gasteiger partial charge on any atom is 0.326 e. The number of hydrogen-bond donors (Lipinski definition) is 2. The summed E-state index contributed by atoms with van der Waals surface area (Å²) in [6.45, 7) is 6.89. The summed E-state index contributed by atoms with van der Waals surface area (Å²) in [4.78, 5) is 27.2. The van der Waals surface area contributed by atoms with Crippen LogP contribution in [0.1, 0.15) is 19.3 Å². The second-order valence-electron chi connectivity index (χ2n) is 5.14. The zero-order valence-electron chi connectivity index (χ0n) is 11.0. The third kappa shape index (κ3) is 3.26. The molecule has 19 heavy (non-hydrogen) atoms. The highest BCUT2D eigenvalue weighted by atomic mass is 16.4. The van der Waals surface area contributed by atoms with Gasteiger partial charge in [-0.05, 0) is 25.8 Å². The smallest absolute Gasteiger partial charge is 0.326 e. The molecule has 2 atom stereocenters. The minimum atomic E-state index is -1.02. The van der Waals surface area contributed by atoms with E-state index in [4.69, 9.17) is 5.11 Å². The maximum atomic E-state index is 12.1. The Hall–Kier alpha value is -1.56. The van der Waals surface area contributed by atoms with Crippen molar-refractivity contribution in [2.45, 2.75) is 31.3 Å². The number of hydrogen-bond acceptors (Lipinski definition) is 3. The predicted octanol–water partition coefficient (Wildman–Crippen LogP) is 0.505. The Morgan fingerprint density at radius 3 is 2.89 bits per heavy atom. The minimum absolute atomic E-state index is 0.241. The summed E-state index contributed by atoms with van der Waals surface area (Å²) in [6.07, 6.45) is 4.06. The first-order valence-electron chi connectivity index (χ1n) is 6.75. The lowest BCUT2D eigenvalue weighted by atomic mass is 10.1. The number of carboxylic acids is 1. The minimum Gasteiger partial charge on any atom is -0.480 e. The Bertz CT molecular complexity index is 372. The lowest BCUT2D eigenvalue weighted by molar-refractivity contribution is -0.139. The molecular weight excluding hydrogens is 246 g/mol. The van der Waals surface area contributed by atoms with Crippen LogP contribution in [0.25, 0.3) is 0 Å². The summed E-state index contributed by atoms with van der Waals surface area (Å²) in [7, 11) is 0. The molecule has 0 aromatic rings. The zero-order chi connectivity index (χ0) is 13.8. The van der Waals surface area contributed by atoms with Crippen LogP contribution in [-0.4, -0.2) is 65.2 Å². The summed E-state index contributed by atoms with van der Waals surface area (Å²) in [5.41, 5.74) is 0. The summed E-state index contributed by atoms with van der Waals surface area (Å²) in [6, 6.07) is -0.713. The summed E-state index contributed by atoms with van der Waals surface area (Å²) >= 11 is 0. The molecule has 0 aromatic heterocycles. The average Bonchev–Trinajstić information content (AvgIpc) is 2.85. The van der Waals surface area contributed by atoms with E-state index >= 15 is 0 Å². The number of aliphatic carboxylic acids is 1. The van der Waals surface area contributed by atoms with E-state index < -0.39 is 12.0 Å². The van der Waals surface area contributed by atoms with Crippen LogP contribution in [0.2, 0.25) is 0 Å². The molecule has 0 spiro atoms. The van der Waals surface area contributed by atoms with E-state index in [1.807, 2.05) is 0 Å². The van der Waals surface area contributed by atoms with Crippen molar-refractivity contribution < 1.29 is 14.7 Å². The van der Waals surface area contributed by atoms with E-state index in [1.165, 1.54) is 12.5 Å². The first kappa shape index (κ1) is 13.9. The van der Waals surface area contributed by atoms with Crippen molar-refractivity contribution in [3.05, 3.63) is 12.7 Å². The van der Waals surface area contributed by atoms with Crippen molar-refractivity contribution in [3.8, 4) is 0 Å². The molecule has 106 valence electrons. The number of fused-ring (bicyclic) bond motifs is 1. The number of rotatable bonds is 4. The highest BCUT2D eigenvalue weighted by molar-refractivity contribution is 5.82. The molecule has 2 rings (SSSR count). The number of urea groups is 1. The van der Waals surface area contributed by atoms with Crippen molar-refractivity contribution in [1.29, 1.82) is 0 Å². The molecule has 2 aliphatic heterocycles. The van der Waals surface area contributed by atoms with Gasteiger partial charge in [0.25, 0.3) is 0 Å². The second-order valence-corrected chi connectivity index (χ2v) is 5.14. The summed E-state index contributed by atoms with van der Waals surface area (Å²) < 4.78 is 0. The van der Waals surface area contributed by atoms with Gasteiger partial charge in [0.05, 0.1) is 0 Å². The molecule has 2 aliphatic rings. The Labute approximate surface area is 113 Å². The molecule has 2 N–H and O–H groups in total. The number of carboxylic acid groups (broad SMARTS) is 1. The van der Waals surface area contributed by atoms with Crippen LogP contribution >= 0.6 is 0 Å². The Morgan fingerprint density at radius 1 is 1.42 bits per heavy atom. The fraction of sp³-hybridized carbons (Fsp3) is 0.692. The topological polar surface area (TPSA) is 72.9 Å². The van der Waals surface area contributed by atoms with Gasteiger partial charge in [-0.1, -0.05) is 6.08 Å². The number of carbonyl (C=O) groups excluding carboxylic acids is 1. The fourth-order valence-corrected chi connectivity index (χ4v) is 2.80. The third-order valence-corrected chi connectivity index (χ3v) is 3.87. The highest BCUT2D eigenvalue weighted by Gasteiger charge is 2.33. The van der Waals surface area contributed by atoms with Crippen LogP contribution in [0.3, 0.4) is 0 Å². The number of nitrogens with zero attached hydrogens (tertiary/aromatic N) is 2. The van der Waals surface area contributed by atoms with Gasteiger partial charge in [-0.15, -0.1) is 6.58 Å². The first-order valence-corrected chi connectivity index (χ1v) is 6.75. The lowest BCUT2D eigenvalue weighted by Gasteiger charge is -2.37. The van der Waals surface area contributed by atoms with Crippen LogP contribution in [0.5, 0.6) is 0 Å². The number of piperazine rings is 1. The van der Waals surface area contributed by atoms with Gasteiger partial charge in [0.2, 0.25) is 0 Å². The lowest BCUT2D eigenvalue weighted by Crippen LogP contribution is -2.56. The van der Waals surface area contributed by atoms with Crippen molar-refractivity contribution in [2.75, 3.05) is 26.2 Å². The molecule has 0 saturated carbocycles. The molecule has 2 unspecified atom stereocenters. The standard InChI is InChI=1S/C13H21N3O3/c1-2-4-11(12(17)18)14-13(19)16-8-7-15-6-3-5-10(15)9-16/h2,10-11H,1,3-9H2,(H,14,19)(H,17,18). The van der Waals surface area contributed by atoms with Gasteiger partial charge in [-0.25, -0.2) is 9.59 Å². The number of nitrogens with one attached hydrogen (secondary N) is 1. The molecular formula is C13H21N3O3. The summed E-state index contributed by atoms with van der Waals surface area (Å²) in [5.74, 6) is -1.02. The largest absolute Gasteiger partial charge is 0.480 e. The maximum absolute atomic E-state index is 12.1. The van der Waals surface area contributed by atoms with Gasteiger partial charge in [0.15, 0.2) is 0 Å².